The molecule has 0 heterocycles. The van der Waals surface area contributed by atoms with E-state index in [0.29, 0.717) is 0 Å². The number of hydrogen-bond acceptors (Lipinski definition) is 5. The molecule has 7 heteroatoms. The highest BCUT2D eigenvalue weighted by molar-refractivity contribution is 8.26. The van der Waals surface area contributed by atoms with Crippen molar-refractivity contribution >= 4 is 31.4 Å². The summed E-state index contributed by atoms with van der Waals surface area (Å²) < 4.78 is 44.0. The summed E-state index contributed by atoms with van der Waals surface area (Å²) in [6, 6.07) is 0. The first kappa shape index (κ1) is 13.2. The Labute approximate surface area is 83.9 Å². The van der Waals surface area contributed by atoms with Crippen molar-refractivity contribution in [3.63, 3.8) is 0 Å². The Hall–Kier alpha value is 0.250. The molecule has 0 aromatic carbocycles. The maximum absolute atomic E-state index is 11.3. The maximum Gasteiger partial charge on any atom is 0.207 e. The van der Waals surface area contributed by atoms with Gasteiger partial charge in [0.2, 0.25) is 3.91 Å². The minimum Gasteiger partial charge on any atom is -0.227 e. The van der Waals surface area contributed by atoms with Gasteiger partial charge in [0.1, 0.15) is 0 Å². The molecule has 80 valence electrons. The van der Waals surface area contributed by atoms with Crippen LogP contribution < -0.4 is 0 Å². The van der Waals surface area contributed by atoms with E-state index in [0.717, 1.165) is 11.8 Å². The van der Waals surface area contributed by atoms with Crippen molar-refractivity contribution in [2.45, 2.75) is 17.8 Å². The lowest BCUT2D eigenvalue weighted by Gasteiger charge is -2.13. The Morgan fingerprint density at radius 1 is 1.00 bits per heavy atom. The second-order valence-corrected chi connectivity index (χ2v) is 9.01. The molecule has 0 saturated heterocycles. The number of hydrogen-bond donors (Lipinski definition) is 0. The zero-order valence-corrected chi connectivity index (χ0v) is 10.3. The van der Waals surface area contributed by atoms with Gasteiger partial charge in [0.15, 0.2) is 19.7 Å². The van der Waals surface area contributed by atoms with Gasteiger partial charge in [0.25, 0.3) is 0 Å². The Morgan fingerprint density at radius 2 is 1.31 bits per heavy atom. The minimum atomic E-state index is -3.51. The summed E-state index contributed by atoms with van der Waals surface area (Å²) in [7, 11) is -7.01. The van der Waals surface area contributed by atoms with E-state index in [1.165, 1.54) is 20.1 Å². The van der Waals surface area contributed by atoms with E-state index < -0.39 is 23.6 Å². The van der Waals surface area contributed by atoms with Gasteiger partial charge >= 0.3 is 0 Å². The molecule has 0 unspecified atom stereocenters. The fraction of sp³-hybridized carbons (Fsp3) is 1.00. The van der Waals surface area contributed by atoms with Crippen molar-refractivity contribution in [3.8, 4) is 0 Å². The first-order valence-corrected chi connectivity index (χ1v) is 8.49. The van der Waals surface area contributed by atoms with Crippen LogP contribution in [0.25, 0.3) is 0 Å². The summed E-state index contributed by atoms with van der Waals surface area (Å²) in [6.45, 7) is 2.90. The predicted octanol–water partition coefficient (Wildman–Crippen LogP) is 0.502. The monoisotopic (exact) mass is 246 g/mol. The van der Waals surface area contributed by atoms with Gasteiger partial charge in [-0.05, 0) is 6.26 Å². The summed E-state index contributed by atoms with van der Waals surface area (Å²) >= 11 is 0.857. The average molecular weight is 246 g/mol. The SMILES string of the molecule is CCS(=O)(=O)C(SC)S(=O)(=O)CC. The van der Waals surface area contributed by atoms with Crippen LogP contribution in [0, 0.1) is 0 Å². The van der Waals surface area contributed by atoms with Crippen LogP contribution in [0.1, 0.15) is 13.8 Å². The van der Waals surface area contributed by atoms with E-state index in [1.54, 1.807) is 0 Å². The molecule has 13 heavy (non-hydrogen) atoms. The van der Waals surface area contributed by atoms with Crippen LogP contribution in [-0.4, -0.2) is 38.5 Å². The molecule has 0 atom stereocenters. The molecular weight excluding hydrogens is 232 g/mol. The van der Waals surface area contributed by atoms with Crippen LogP contribution in [-0.2, 0) is 19.7 Å². The zero-order valence-electron chi connectivity index (χ0n) is 7.85. The standard InChI is InChI=1S/C6H14O4S3/c1-4-12(7,8)6(11-3)13(9,10)5-2/h6H,4-5H2,1-3H3. The first-order chi connectivity index (χ1) is 5.81. The molecule has 0 spiro atoms. The van der Waals surface area contributed by atoms with Crippen molar-refractivity contribution in [2.24, 2.45) is 0 Å². The van der Waals surface area contributed by atoms with Crippen LogP contribution >= 0.6 is 11.8 Å². The number of sulfone groups is 2. The predicted molar refractivity (Wildman–Crippen MR) is 56.2 cm³/mol. The van der Waals surface area contributed by atoms with Gasteiger partial charge in [-0.25, -0.2) is 16.8 Å². The normalized spacial score (nSPS) is 13.5. The van der Waals surface area contributed by atoms with Gasteiger partial charge in [-0.2, -0.15) is 0 Å². The molecule has 0 radical (unpaired) electrons. The van der Waals surface area contributed by atoms with E-state index in [2.05, 4.69) is 0 Å². The van der Waals surface area contributed by atoms with E-state index in [9.17, 15) is 16.8 Å². The molecule has 0 amide bonds. The Balaban J connectivity index is 5.18. The van der Waals surface area contributed by atoms with E-state index in [1.807, 2.05) is 0 Å². The van der Waals surface area contributed by atoms with Crippen LogP contribution in [0.3, 0.4) is 0 Å². The lowest BCUT2D eigenvalue weighted by molar-refractivity contribution is 0.587. The molecule has 0 aromatic heterocycles. The second kappa shape index (κ2) is 4.65. The third-order valence-electron chi connectivity index (χ3n) is 1.58. The van der Waals surface area contributed by atoms with Crippen LogP contribution in [0.5, 0.6) is 0 Å². The third kappa shape index (κ3) is 3.14. The van der Waals surface area contributed by atoms with Gasteiger partial charge in [-0.1, -0.05) is 13.8 Å². The second-order valence-electron chi connectivity index (χ2n) is 2.43. The van der Waals surface area contributed by atoms with Gasteiger partial charge in [0, 0.05) is 11.5 Å². The van der Waals surface area contributed by atoms with Crippen molar-refractivity contribution in [1.29, 1.82) is 0 Å². The first-order valence-electron chi connectivity index (χ1n) is 3.77. The molecule has 0 aliphatic rings. The van der Waals surface area contributed by atoms with Crippen molar-refractivity contribution in [1.82, 2.24) is 0 Å². The molecule has 0 saturated carbocycles. The molecule has 0 aliphatic carbocycles. The molecule has 0 bridgehead atoms. The fourth-order valence-corrected chi connectivity index (χ4v) is 7.10. The largest absolute Gasteiger partial charge is 0.227 e. The maximum atomic E-state index is 11.3. The molecule has 0 fully saturated rings. The molecule has 4 nitrogen and oxygen atoms in total. The molecule has 0 rings (SSSR count). The summed E-state index contributed by atoms with van der Waals surface area (Å²) in [5.74, 6) is -0.282. The van der Waals surface area contributed by atoms with E-state index in [4.69, 9.17) is 0 Å². The number of thioether (sulfide) groups is 1. The minimum absolute atomic E-state index is 0.141. The fourth-order valence-electron chi connectivity index (χ4n) is 0.789. The highest BCUT2D eigenvalue weighted by Gasteiger charge is 2.34. The average Bonchev–Trinajstić information content (AvgIpc) is 2.05. The highest BCUT2D eigenvalue weighted by atomic mass is 32.3. The lowest BCUT2D eigenvalue weighted by atomic mass is 11.0. The quantitative estimate of drug-likeness (QED) is 0.706. The van der Waals surface area contributed by atoms with Gasteiger partial charge in [-0.3, -0.25) is 0 Å². The number of rotatable bonds is 5. The third-order valence-corrected chi connectivity index (χ3v) is 9.42. The summed E-state index contributed by atoms with van der Waals surface area (Å²) in [6.07, 6.45) is 1.49. The van der Waals surface area contributed by atoms with Gasteiger partial charge in [0.05, 0.1) is 0 Å². The highest BCUT2D eigenvalue weighted by Crippen LogP contribution is 2.21. The van der Waals surface area contributed by atoms with Gasteiger partial charge in [-0.15, -0.1) is 11.8 Å². The topological polar surface area (TPSA) is 68.3 Å². The van der Waals surface area contributed by atoms with Crippen molar-refractivity contribution in [2.75, 3.05) is 17.8 Å². The Bertz CT molecular complexity index is 306. The van der Waals surface area contributed by atoms with Crippen molar-refractivity contribution < 1.29 is 16.8 Å². The smallest absolute Gasteiger partial charge is 0.207 e. The summed E-state index contributed by atoms with van der Waals surface area (Å²) in [5.41, 5.74) is 0. The van der Waals surface area contributed by atoms with Crippen LogP contribution in [0.4, 0.5) is 0 Å². The van der Waals surface area contributed by atoms with Crippen LogP contribution in [0.2, 0.25) is 0 Å². The van der Waals surface area contributed by atoms with E-state index in [-0.39, 0.29) is 11.5 Å². The lowest BCUT2D eigenvalue weighted by Crippen LogP contribution is -2.29. The molecule has 0 aromatic rings. The van der Waals surface area contributed by atoms with Crippen LogP contribution in [0.15, 0.2) is 0 Å². The zero-order chi connectivity index (χ0) is 10.7. The van der Waals surface area contributed by atoms with Crippen molar-refractivity contribution in [3.05, 3.63) is 0 Å². The Kier molecular flexibility index (Phi) is 4.74. The summed E-state index contributed by atoms with van der Waals surface area (Å²) in [5, 5.41) is 0. The molecule has 0 N–H and O–H groups in total. The molecule has 0 aliphatic heterocycles. The van der Waals surface area contributed by atoms with Gasteiger partial charge < -0.3 is 0 Å². The van der Waals surface area contributed by atoms with E-state index >= 15 is 0 Å². The summed E-state index contributed by atoms with van der Waals surface area (Å²) in [4.78, 5) is 0. The Morgan fingerprint density at radius 3 is 1.46 bits per heavy atom. The molecular formula is C6H14O4S3.